The van der Waals surface area contributed by atoms with E-state index in [0.29, 0.717) is 19.8 Å². The summed E-state index contributed by atoms with van der Waals surface area (Å²) >= 11 is 1.48. The number of carbonyl (C=O) groups excluding carboxylic acids is 1. The van der Waals surface area contributed by atoms with Crippen LogP contribution in [0.2, 0.25) is 0 Å². The van der Waals surface area contributed by atoms with Crippen molar-refractivity contribution < 1.29 is 14.3 Å². The van der Waals surface area contributed by atoms with Gasteiger partial charge < -0.3 is 14.8 Å². The molecule has 0 saturated heterocycles. The Morgan fingerprint density at radius 2 is 2.28 bits per heavy atom. The fraction of sp³-hybridized carbons (Fsp3) is 0.667. The largest absolute Gasteiger partial charge is 0.465 e. The lowest BCUT2D eigenvalue weighted by Crippen LogP contribution is -2.31. The highest BCUT2D eigenvalue weighted by Gasteiger charge is 2.33. The molecule has 0 aromatic carbocycles. The van der Waals surface area contributed by atoms with Crippen molar-refractivity contribution in [3.63, 3.8) is 0 Å². The zero-order valence-electron chi connectivity index (χ0n) is 11.3. The van der Waals surface area contributed by atoms with Gasteiger partial charge in [-0.2, -0.15) is 0 Å². The lowest BCUT2D eigenvalue weighted by atomic mass is 9.90. The summed E-state index contributed by atoms with van der Waals surface area (Å²) in [6, 6.07) is 0. The van der Waals surface area contributed by atoms with E-state index >= 15 is 0 Å². The molecule has 102 valence electrons. The monoisotopic (exact) mass is 272 g/mol. The molecule has 0 spiro atoms. The number of methoxy groups -OCH3 is 1. The molecule has 6 heteroatoms. The van der Waals surface area contributed by atoms with Gasteiger partial charge in [-0.3, -0.25) is 4.79 Å². The molecule has 5 nitrogen and oxygen atoms in total. The SMILES string of the molecule is CCOC(=O)C(C)(C)c1csc(NCCOC)n1. The van der Waals surface area contributed by atoms with Crippen LogP contribution in [-0.2, 0) is 19.7 Å². The second kappa shape index (κ2) is 6.70. The van der Waals surface area contributed by atoms with Crippen molar-refractivity contribution in [2.75, 3.05) is 32.2 Å². The second-order valence-electron chi connectivity index (χ2n) is 4.30. The van der Waals surface area contributed by atoms with Gasteiger partial charge in [-0.15, -0.1) is 11.3 Å². The third-order valence-electron chi connectivity index (χ3n) is 2.51. The number of aromatic nitrogens is 1. The standard InChI is InChI=1S/C12H20N2O3S/c1-5-17-10(15)12(2,3)9-8-18-11(14-9)13-6-7-16-4/h8H,5-7H2,1-4H3,(H,13,14). The maximum absolute atomic E-state index is 11.8. The predicted octanol–water partition coefficient (Wildman–Crippen LogP) is 2.04. The van der Waals surface area contributed by atoms with Gasteiger partial charge in [0.2, 0.25) is 0 Å². The van der Waals surface area contributed by atoms with Crippen LogP contribution in [0.25, 0.3) is 0 Å². The van der Waals surface area contributed by atoms with Crippen LogP contribution in [0.5, 0.6) is 0 Å². The Hall–Kier alpha value is -1.14. The molecule has 0 aliphatic heterocycles. The molecule has 1 heterocycles. The Labute approximate surface area is 112 Å². The topological polar surface area (TPSA) is 60.5 Å². The molecule has 0 aliphatic rings. The first-order chi connectivity index (χ1) is 8.52. The highest BCUT2D eigenvalue weighted by Crippen LogP contribution is 2.28. The number of nitrogens with one attached hydrogen (secondary N) is 1. The van der Waals surface area contributed by atoms with E-state index in [1.54, 1.807) is 14.0 Å². The Kier molecular flexibility index (Phi) is 5.55. The van der Waals surface area contributed by atoms with Gasteiger partial charge in [0.05, 0.1) is 18.9 Å². The minimum absolute atomic E-state index is 0.251. The van der Waals surface area contributed by atoms with Gasteiger partial charge in [-0.1, -0.05) is 0 Å². The van der Waals surface area contributed by atoms with E-state index in [9.17, 15) is 4.79 Å². The number of ether oxygens (including phenoxy) is 2. The zero-order valence-corrected chi connectivity index (χ0v) is 12.1. The molecular weight excluding hydrogens is 252 g/mol. The molecule has 18 heavy (non-hydrogen) atoms. The lowest BCUT2D eigenvalue weighted by Gasteiger charge is -2.19. The summed E-state index contributed by atoms with van der Waals surface area (Å²) in [5.74, 6) is -0.251. The van der Waals surface area contributed by atoms with E-state index in [1.807, 2.05) is 19.2 Å². The number of thiazole rings is 1. The lowest BCUT2D eigenvalue weighted by molar-refractivity contribution is -0.148. The van der Waals surface area contributed by atoms with Gasteiger partial charge in [0.1, 0.15) is 5.41 Å². The third-order valence-corrected chi connectivity index (χ3v) is 3.31. The summed E-state index contributed by atoms with van der Waals surface area (Å²) in [7, 11) is 1.65. The molecule has 1 aromatic heterocycles. The van der Waals surface area contributed by atoms with E-state index < -0.39 is 5.41 Å². The van der Waals surface area contributed by atoms with Gasteiger partial charge in [0.15, 0.2) is 5.13 Å². The normalized spacial score (nSPS) is 11.3. The fourth-order valence-corrected chi connectivity index (χ4v) is 2.23. The number of hydrogen-bond acceptors (Lipinski definition) is 6. The molecule has 0 saturated carbocycles. The quantitative estimate of drug-likeness (QED) is 0.608. The van der Waals surface area contributed by atoms with E-state index in [2.05, 4.69) is 10.3 Å². The number of esters is 1. The first kappa shape index (κ1) is 14.9. The van der Waals surface area contributed by atoms with Crippen LogP contribution in [0.4, 0.5) is 5.13 Å². The van der Waals surface area contributed by atoms with Crippen LogP contribution < -0.4 is 5.32 Å². The van der Waals surface area contributed by atoms with Crippen molar-refractivity contribution in [1.29, 1.82) is 0 Å². The van der Waals surface area contributed by atoms with Gasteiger partial charge in [0.25, 0.3) is 0 Å². The van der Waals surface area contributed by atoms with Gasteiger partial charge in [-0.05, 0) is 20.8 Å². The molecule has 0 amide bonds. The average Bonchev–Trinajstić information content (AvgIpc) is 2.79. The van der Waals surface area contributed by atoms with Crippen molar-refractivity contribution >= 4 is 22.4 Å². The first-order valence-electron chi connectivity index (χ1n) is 5.88. The summed E-state index contributed by atoms with van der Waals surface area (Å²) < 4.78 is 10.0. The number of rotatable bonds is 7. The first-order valence-corrected chi connectivity index (χ1v) is 6.76. The van der Waals surface area contributed by atoms with Crippen LogP contribution in [-0.4, -0.2) is 37.8 Å². The molecule has 1 aromatic rings. The summed E-state index contributed by atoms with van der Waals surface area (Å²) in [6.45, 7) is 7.13. The van der Waals surface area contributed by atoms with Gasteiger partial charge in [-0.25, -0.2) is 4.98 Å². The third kappa shape index (κ3) is 3.68. The molecule has 1 rings (SSSR count). The van der Waals surface area contributed by atoms with Crippen molar-refractivity contribution in [2.45, 2.75) is 26.2 Å². The number of nitrogens with zero attached hydrogens (tertiary/aromatic N) is 1. The van der Waals surface area contributed by atoms with E-state index in [-0.39, 0.29) is 5.97 Å². The summed E-state index contributed by atoms with van der Waals surface area (Å²) in [5.41, 5.74) is 0.0131. The zero-order chi connectivity index (χ0) is 13.6. The van der Waals surface area contributed by atoms with Crippen LogP contribution >= 0.6 is 11.3 Å². The minimum atomic E-state index is -0.715. The van der Waals surface area contributed by atoms with Gasteiger partial charge >= 0.3 is 5.97 Å². The number of anilines is 1. The highest BCUT2D eigenvalue weighted by atomic mass is 32.1. The van der Waals surface area contributed by atoms with Crippen molar-refractivity contribution in [3.8, 4) is 0 Å². The molecule has 0 aliphatic carbocycles. The van der Waals surface area contributed by atoms with E-state index in [0.717, 1.165) is 10.8 Å². The predicted molar refractivity (Wildman–Crippen MR) is 72.1 cm³/mol. The number of carbonyl (C=O) groups is 1. The summed E-state index contributed by atoms with van der Waals surface area (Å²) in [5, 5.41) is 5.81. The Morgan fingerprint density at radius 3 is 2.89 bits per heavy atom. The summed E-state index contributed by atoms with van der Waals surface area (Å²) in [4.78, 5) is 16.2. The van der Waals surface area contributed by atoms with Crippen LogP contribution in [0.3, 0.4) is 0 Å². The van der Waals surface area contributed by atoms with Crippen molar-refractivity contribution in [3.05, 3.63) is 11.1 Å². The maximum Gasteiger partial charge on any atom is 0.317 e. The molecule has 0 atom stereocenters. The highest BCUT2D eigenvalue weighted by molar-refractivity contribution is 7.13. The second-order valence-corrected chi connectivity index (χ2v) is 5.16. The molecule has 0 fully saturated rings. The Morgan fingerprint density at radius 1 is 1.56 bits per heavy atom. The fourth-order valence-electron chi connectivity index (χ4n) is 1.32. The molecule has 1 N–H and O–H groups in total. The van der Waals surface area contributed by atoms with Crippen LogP contribution in [0.15, 0.2) is 5.38 Å². The molecule has 0 unspecified atom stereocenters. The Bertz CT molecular complexity index is 390. The van der Waals surface area contributed by atoms with Crippen molar-refractivity contribution in [2.24, 2.45) is 0 Å². The Balaban J connectivity index is 2.68. The number of hydrogen-bond donors (Lipinski definition) is 1. The smallest absolute Gasteiger partial charge is 0.317 e. The van der Waals surface area contributed by atoms with Crippen molar-refractivity contribution in [1.82, 2.24) is 4.98 Å². The summed E-state index contributed by atoms with van der Waals surface area (Å²) in [6.07, 6.45) is 0. The molecular formula is C12H20N2O3S. The van der Waals surface area contributed by atoms with E-state index in [4.69, 9.17) is 9.47 Å². The van der Waals surface area contributed by atoms with Crippen LogP contribution in [0.1, 0.15) is 26.5 Å². The molecule has 0 bridgehead atoms. The van der Waals surface area contributed by atoms with Gasteiger partial charge in [0, 0.05) is 19.0 Å². The minimum Gasteiger partial charge on any atom is -0.465 e. The van der Waals surface area contributed by atoms with Crippen LogP contribution in [0, 0.1) is 0 Å². The maximum atomic E-state index is 11.8. The molecule has 0 radical (unpaired) electrons. The van der Waals surface area contributed by atoms with E-state index in [1.165, 1.54) is 11.3 Å². The average molecular weight is 272 g/mol.